The van der Waals surface area contributed by atoms with Crippen LogP contribution in [0.1, 0.15) is 12.8 Å². The summed E-state index contributed by atoms with van der Waals surface area (Å²) in [6.45, 7) is 2.30. The van der Waals surface area contributed by atoms with E-state index in [2.05, 4.69) is 26.6 Å². The van der Waals surface area contributed by atoms with Gasteiger partial charge in [0, 0.05) is 19.1 Å². The van der Waals surface area contributed by atoms with E-state index >= 15 is 0 Å². The Bertz CT molecular complexity index is 213. The lowest BCUT2D eigenvalue weighted by atomic mass is 10.1. The maximum Gasteiger partial charge on any atom is 0.238 e. The van der Waals surface area contributed by atoms with Crippen LogP contribution in [0.5, 0.6) is 0 Å². The zero-order chi connectivity index (χ0) is 13.8. The Kier molecular flexibility index (Phi) is 11.0. The van der Waals surface area contributed by atoms with Crippen LogP contribution in [0.2, 0.25) is 0 Å². The summed E-state index contributed by atoms with van der Waals surface area (Å²) >= 11 is 0. The van der Waals surface area contributed by atoms with Crippen molar-refractivity contribution in [2.45, 2.75) is 24.9 Å². The normalized spacial score (nSPS) is 14.2. The lowest BCUT2D eigenvalue weighted by molar-refractivity contribution is -0.123. The number of likely N-dealkylation sites (N-methyl/N-ethyl adjacent to an activating group) is 3. The summed E-state index contributed by atoms with van der Waals surface area (Å²) in [5, 5.41) is 15.3. The zero-order valence-electron chi connectivity index (χ0n) is 12.1. The van der Waals surface area contributed by atoms with Crippen molar-refractivity contribution < 1.29 is 4.79 Å². The maximum atomic E-state index is 11.9. The first kappa shape index (κ1) is 17.3. The fourth-order valence-corrected chi connectivity index (χ4v) is 1.75. The van der Waals surface area contributed by atoms with Gasteiger partial charge in [0.05, 0.1) is 6.04 Å². The number of amides is 1. The Hall–Kier alpha value is -0.690. The van der Waals surface area contributed by atoms with Crippen molar-refractivity contribution in [2.75, 3.05) is 47.8 Å². The molecule has 0 aromatic rings. The number of hydrogen-bond donors (Lipinski definition) is 5. The molecule has 0 aliphatic carbocycles. The molecule has 0 aliphatic rings. The van der Waals surface area contributed by atoms with Crippen LogP contribution in [0.25, 0.3) is 0 Å². The second kappa shape index (κ2) is 11.4. The quantitative estimate of drug-likeness (QED) is 0.292. The van der Waals surface area contributed by atoms with Crippen LogP contribution in [0.4, 0.5) is 0 Å². The SMILES string of the molecule is CNCCC[C@@H](CNC(=O)[C@H](CNC)NC)NC. The van der Waals surface area contributed by atoms with E-state index in [0.29, 0.717) is 19.1 Å². The predicted octanol–water partition coefficient (Wildman–Crippen LogP) is -1.50. The lowest BCUT2D eigenvalue weighted by Gasteiger charge is -2.20. The van der Waals surface area contributed by atoms with Gasteiger partial charge in [0.25, 0.3) is 0 Å². The molecule has 0 saturated carbocycles. The Labute approximate surface area is 111 Å². The van der Waals surface area contributed by atoms with Crippen molar-refractivity contribution in [2.24, 2.45) is 0 Å². The molecule has 0 rings (SSSR count). The van der Waals surface area contributed by atoms with Gasteiger partial charge in [0.1, 0.15) is 0 Å². The van der Waals surface area contributed by atoms with Crippen molar-refractivity contribution in [3.05, 3.63) is 0 Å². The van der Waals surface area contributed by atoms with Crippen molar-refractivity contribution >= 4 is 5.91 Å². The van der Waals surface area contributed by atoms with Crippen molar-refractivity contribution in [3.63, 3.8) is 0 Å². The zero-order valence-corrected chi connectivity index (χ0v) is 12.1. The highest BCUT2D eigenvalue weighted by atomic mass is 16.2. The molecule has 108 valence electrons. The smallest absolute Gasteiger partial charge is 0.238 e. The van der Waals surface area contributed by atoms with E-state index in [1.54, 1.807) is 7.05 Å². The number of rotatable bonds is 11. The van der Waals surface area contributed by atoms with Gasteiger partial charge in [0.2, 0.25) is 5.91 Å². The molecule has 18 heavy (non-hydrogen) atoms. The molecule has 0 spiro atoms. The van der Waals surface area contributed by atoms with E-state index in [1.165, 1.54) is 0 Å². The van der Waals surface area contributed by atoms with Crippen LogP contribution in [0.3, 0.4) is 0 Å². The third-order valence-corrected chi connectivity index (χ3v) is 2.98. The van der Waals surface area contributed by atoms with Crippen molar-refractivity contribution in [1.29, 1.82) is 0 Å². The molecule has 0 unspecified atom stereocenters. The van der Waals surface area contributed by atoms with Gasteiger partial charge in [-0.2, -0.15) is 0 Å². The fourth-order valence-electron chi connectivity index (χ4n) is 1.75. The Morgan fingerprint density at radius 3 is 2.22 bits per heavy atom. The summed E-state index contributed by atoms with van der Waals surface area (Å²) in [4.78, 5) is 11.9. The second-order valence-electron chi connectivity index (χ2n) is 4.38. The van der Waals surface area contributed by atoms with E-state index in [-0.39, 0.29) is 11.9 Å². The summed E-state index contributed by atoms with van der Waals surface area (Å²) in [7, 11) is 7.51. The molecule has 1 amide bonds. The van der Waals surface area contributed by atoms with Gasteiger partial charge in [-0.25, -0.2) is 0 Å². The number of carbonyl (C=O) groups is 1. The third kappa shape index (κ3) is 7.60. The van der Waals surface area contributed by atoms with E-state index in [4.69, 9.17) is 0 Å². The molecule has 6 nitrogen and oxygen atoms in total. The van der Waals surface area contributed by atoms with Gasteiger partial charge in [-0.1, -0.05) is 0 Å². The van der Waals surface area contributed by atoms with Crippen molar-refractivity contribution in [3.8, 4) is 0 Å². The summed E-state index contributed by atoms with van der Waals surface area (Å²) in [6.07, 6.45) is 2.15. The van der Waals surface area contributed by atoms with Gasteiger partial charge in [-0.05, 0) is 47.6 Å². The Morgan fingerprint density at radius 1 is 1.00 bits per heavy atom. The molecule has 6 heteroatoms. The van der Waals surface area contributed by atoms with Gasteiger partial charge in [0.15, 0.2) is 0 Å². The minimum Gasteiger partial charge on any atom is -0.353 e. The largest absolute Gasteiger partial charge is 0.353 e. The molecule has 0 aromatic carbocycles. The highest BCUT2D eigenvalue weighted by Gasteiger charge is 2.16. The fraction of sp³-hybridized carbons (Fsp3) is 0.917. The highest BCUT2D eigenvalue weighted by Crippen LogP contribution is 1.95. The van der Waals surface area contributed by atoms with Gasteiger partial charge in [-0.3, -0.25) is 4.79 Å². The van der Waals surface area contributed by atoms with Crippen LogP contribution < -0.4 is 26.6 Å². The molecule has 0 radical (unpaired) electrons. The standard InChI is InChI=1S/C12H29N5O/c1-13-7-5-6-10(15-3)8-17-12(18)11(16-4)9-14-2/h10-11,13-16H,5-9H2,1-4H3,(H,17,18)/t10-,11-/m0/s1. The van der Waals surface area contributed by atoms with Crippen LogP contribution in [-0.4, -0.2) is 65.8 Å². The molecule has 0 saturated heterocycles. The summed E-state index contributed by atoms with van der Waals surface area (Å²) in [5.74, 6) is 0.0423. The molecule has 0 heterocycles. The number of nitrogens with one attached hydrogen (secondary N) is 5. The van der Waals surface area contributed by atoms with Crippen LogP contribution in [-0.2, 0) is 4.79 Å². The summed E-state index contributed by atoms with van der Waals surface area (Å²) in [5.41, 5.74) is 0. The highest BCUT2D eigenvalue weighted by molar-refractivity contribution is 5.82. The van der Waals surface area contributed by atoms with Gasteiger partial charge in [-0.15, -0.1) is 0 Å². The minimum absolute atomic E-state index is 0.0423. The van der Waals surface area contributed by atoms with Crippen LogP contribution in [0, 0.1) is 0 Å². The van der Waals surface area contributed by atoms with E-state index in [1.807, 2.05) is 21.1 Å². The molecule has 5 N–H and O–H groups in total. The number of carbonyl (C=O) groups excluding carboxylic acids is 1. The maximum absolute atomic E-state index is 11.9. The van der Waals surface area contributed by atoms with Crippen LogP contribution in [0.15, 0.2) is 0 Å². The summed E-state index contributed by atoms with van der Waals surface area (Å²) < 4.78 is 0. The Balaban J connectivity index is 3.91. The lowest BCUT2D eigenvalue weighted by Crippen LogP contribution is -2.50. The average molecular weight is 259 g/mol. The molecular formula is C12H29N5O. The first-order chi connectivity index (χ1) is 8.69. The molecular weight excluding hydrogens is 230 g/mol. The monoisotopic (exact) mass is 259 g/mol. The van der Waals surface area contributed by atoms with Crippen molar-refractivity contribution in [1.82, 2.24) is 26.6 Å². The Morgan fingerprint density at radius 2 is 1.72 bits per heavy atom. The molecule has 0 aliphatic heterocycles. The average Bonchev–Trinajstić information content (AvgIpc) is 2.39. The molecule has 2 atom stereocenters. The molecule has 0 bridgehead atoms. The van der Waals surface area contributed by atoms with E-state index in [9.17, 15) is 4.79 Å². The molecule has 0 aromatic heterocycles. The second-order valence-corrected chi connectivity index (χ2v) is 4.38. The number of hydrogen-bond acceptors (Lipinski definition) is 5. The topological polar surface area (TPSA) is 77.2 Å². The molecule has 0 fully saturated rings. The first-order valence-corrected chi connectivity index (χ1v) is 6.61. The minimum atomic E-state index is -0.176. The predicted molar refractivity (Wildman–Crippen MR) is 75.8 cm³/mol. The third-order valence-electron chi connectivity index (χ3n) is 2.98. The van der Waals surface area contributed by atoms with E-state index in [0.717, 1.165) is 19.4 Å². The first-order valence-electron chi connectivity index (χ1n) is 6.61. The summed E-state index contributed by atoms with van der Waals surface area (Å²) in [6, 6.07) is 0.152. The van der Waals surface area contributed by atoms with Gasteiger partial charge >= 0.3 is 0 Å². The van der Waals surface area contributed by atoms with Gasteiger partial charge < -0.3 is 26.6 Å². The van der Waals surface area contributed by atoms with Crippen LogP contribution >= 0.6 is 0 Å². The van der Waals surface area contributed by atoms with E-state index < -0.39 is 0 Å².